The second-order valence-corrected chi connectivity index (χ2v) is 8.54. The van der Waals surface area contributed by atoms with Crippen molar-refractivity contribution in [3.8, 4) is 11.1 Å². The smallest absolute Gasteiger partial charge is 0.407 e. The molecular weight excluding hydrogens is 422 g/mol. The Bertz CT molecular complexity index is 995. The van der Waals surface area contributed by atoms with E-state index in [0.29, 0.717) is 32.6 Å². The molecule has 0 aromatic heterocycles. The second-order valence-electron chi connectivity index (χ2n) is 8.54. The third-order valence-electron chi connectivity index (χ3n) is 6.31. The molecule has 8 nitrogen and oxygen atoms in total. The van der Waals surface area contributed by atoms with Gasteiger partial charge in [-0.15, -0.1) is 0 Å². The van der Waals surface area contributed by atoms with E-state index >= 15 is 0 Å². The number of ether oxygens (including phenoxy) is 1. The number of aliphatic carboxylic acids is 1. The van der Waals surface area contributed by atoms with Crippen LogP contribution in [0.2, 0.25) is 0 Å². The standard InChI is InChI=1S/C25H29N3O5/c1-17(24(31)28-12-6-11-27(13-14-28)15-23(29)30)26-25(32)33-16-22-20-9-4-2-7-18(20)19-8-3-5-10-21(19)22/h2-5,7-10,17,22H,6,11-16H2,1H3,(H,26,32)(H,29,30)/t17-/m1/s1. The molecule has 174 valence electrons. The van der Waals surface area contributed by atoms with Gasteiger partial charge in [-0.1, -0.05) is 48.5 Å². The molecule has 2 aliphatic rings. The Kier molecular flexibility index (Phi) is 6.93. The van der Waals surface area contributed by atoms with Crippen LogP contribution in [0.25, 0.3) is 11.1 Å². The molecule has 0 saturated carbocycles. The van der Waals surface area contributed by atoms with Gasteiger partial charge in [0, 0.05) is 32.1 Å². The number of carboxylic acid groups (broad SMARTS) is 1. The maximum absolute atomic E-state index is 12.8. The number of nitrogens with one attached hydrogen (secondary N) is 1. The zero-order valence-electron chi connectivity index (χ0n) is 18.7. The van der Waals surface area contributed by atoms with Gasteiger partial charge in [0.15, 0.2) is 0 Å². The van der Waals surface area contributed by atoms with Crippen LogP contribution in [0.1, 0.15) is 30.4 Å². The zero-order chi connectivity index (χ0) is 23.4. The third-order valence-corrected chi connectivity index (χ3v) is 6.31. The molecule has 2 N–H and O–H groups in total. The molecule has 33 heavy (non-hydrogen) atoms. The van der Waals surface area contributed by atoms with E-state index in [-0.39, 0.29) is 25.0 Å². The number of nitrogens with zero attached hydrogens (tertiary/aromatic N) is 2. The van der Waals surface area contributed by atoms with Crippen molar-refractivity contribution in [2.24, 2.45) is 0 Å². The molecule has 2 aromatic rings. The lowest BCUT2D eigenvalue weighted by Gasteiger charge is -2.25. The largest absolute Gasteiger partial charge is 0.480 e. The number of carbonyl (C=O) groups excluding carboxylic acids is 2. The maximum Gasteiger partial charge on any atom is 0.407 e. The average molecular weight is 452 g/mol. The lowest BCUT2D eigenvalue weighted by molar-refractivity contribution is -0.138. The molecule has 0 bridgehead atoms. The number of hydrogen-bond acceptors (Lipinski definition) is 5. The van der Waals surface area contributed by atoms with Crippen LogP contribution in [0.15, 0.2) is 48.5 Å². The van der Waals surface area contributed by atoms with Crippen LogP contribution in [0, 0.1) is 0 Å². The van der Waals surface area contributed by atoms with Crippen molar-refractivity contribution in [3.05, 3.63) is 59.7 Å². The number of carbonyl (C=O) groups is 3. The molecule has 8 heteroatoms. The van der Waals surface area contributed by atoms with E-state index in [4.69, 9.17) is 9.84 Å². The summed E-state index contributed by atoms with van der Waals surface area (Å²) >= 11 is 0. The molecule has 1 aliphatic carbocycles. The van der Waals surface area contributed by atoms with Crippen molar-refractivity contribution < 1.29 is 24.2 Å². The Labute approximate surface area is 193 Å². The first-order valence-electron chi connectivity index (χ1n) is 11.3. The summed E-state index contributed by atoms with van der Waals surface area (Å²) in [4.78, 5) is 39.7. The first-order valence-corrected chi connectivity index (χ1v) is 11.3. The predicted molar refractivity (Wildman–Crippen MR) is 123 cm³/mol. The Balaban J connectivity index is 1.31. The van der Waals surface area contributed by atoms with Crippen LogP contribution in [0.3, 0.4) is 0 Å². The van der Waals surface area contributed by atoms with Gasteiger partial charge in [0.05, 0.1) is 6.54 Å². The normalized spacial score (nSPS) is 16.9. The van der Waals surface area contributed by atoms with Crippen molar-refractivity contribution in [2.75, 3.05) is 39.3 Å². The molecule has 2 amide bonds. The second kappa shape index (κ2) is 10.0. The molecule has 0 radical (unpaired) electrons. The highest BCUT2D eigenvalue weighted by molar-refractivity contribution is 5.85. The van der Waals surface area contributed by atoms with E-state index in [9.17, 15) is 14.4 Å². The van der Waals surface area contributed by atoms with Crippen LogP contribution in [0.5, 0.6) is 0 Å². The summed E-state index contributed by atoms with van der Waals surface area (Å²) in [6.07, 6.45) is 0.0662. The topological polar surface area (TPSA) is 99.2 Å². The lowest BCUT2D eigenvalue weighted by atomic mass is 9.98. The Morgan fingerprint density at radius 1 is 1.00 bits per heavy atom. The molecule has 0 unspecified atom stereocenters. The molecule has 0 spiro atoms. The van der Waals surface area contributed by atoms with Crippen LogP contribution in [0.4, 0.5) is 4.79 Å². The van der Waals surface area contributed by atoms with Crippen LogP contribution < -0.4 is 5.32 Å². The molecular formula is C25H29N3O5. The van der Waals surface area contributed by atoms with Gasteiger partial charge in [-0.25, -0.2) is 4.79 Å². The first-order chi connectivity index (χ1) is 15.9. The van der Waals surface area contributed by atoms with Gasteiger partial charge < -0.3 is 20.1 Å². The average Bonchev–Trinajstić information content (AvgIpc) is 2.93. The minimum atomic E-state index is -0.875. The van der Waals surface area contributed by atoms with Gasteiger partial charge >= 0.3 is 12.1 Å². The number of rotatable bonds is 6. The fourth-order valence-corrected chi connectivity index (χ4v) is 4.69. The van der Waals surface area contributed by atoms with Gasteiger partial charge in [0.2, 0.25) is 5.91 Å². The van der Waals surface area contributed by atoms with Gasteiger partial charge in [-0.2, -0.15) is 0 Å². The fraction of sp³-hybridized carbons (Fsp3) is 0.400. The van der Waals surface area contributed by atoms with Crippen molar-refractivity contribution in [3.63, 3.8) is 0 Å². The maximum atomic E-state index is 12.8. The molecule has 2 aromatic carbocycles. The van der Waals surface area contributed by atoms with E-state index in [1.165, 1.54) is 0 Å². The molecule has 1 heterocycles. The van der Waals surface area contributed by atoms with E-state index in [1.807, 2.05) is 29.2 Å². The number of amides is 2. The summed E-state index contributed by atoms with van der Waals surface area (Å²) < 4.78 is 5.54. The van der Waals surface area contributed by atoms with Crippen molar-refractivity contribution in [1.82, 2.24) is 15.1 Å². The SMILES string of the molecule is C[C@@H](NC(=O)OCC1c2ccccc2-c2ccccc21)C(=O)N1CCCN(CC(=O)O)CC1. The molecule has 1 fully saturated rings. The van der Waals surface area contributed by atoms with Crippen molar-refractivity contribution >= 4 is 18.0 Å². The van der Waals surface area contributed by atoms with E-state index in [1.54, 1.807) is 11.8 Å². The molecule has 1 saturated heterocycles. The number of hydrogen-bond donors (Lipinski definition) is 2. The number of benzene rings is 2. The summed E-state index contributed by atoms with van der Waals surface area (Å²) in [6.45, 7) is 3.89. The number of fused-ring (bicyclic) bond motifs is 3. The van der Waals surface area contributed by atoms with E-state index < -0.39 is 18.1 Å². The van der Waals surface area contributed by atoms with Crippen LogP contribution >= 0.6 is 0 Å². The lowest BCUT2D eigenvalue weighted by Crippen LogP contribution is -2.48. The Hall–Kier alpha value is -3.39. The highest BCUT2D eigenvalue weighted by Gasteiger charge is 2.30. The quantitative estimate of drug-likeness (QED) is 0.700. The minimum Gasteiger partial charge on any atom is -0.480 e. The third kappa shape index (κ3) is 5.17. The van der Waals surface area contributed by atoms with Gasteiger partial charge in [0.25, 0.3) is 0 Å². The summed E-state index contributed by atoms with van der Waals surface area (Å²) in [5, 5.41) is 11.6. The zero-order valence-corrected chi connectivity index (χ0v) is 18.7. The molecule has 1 atom stereocenters. The summed E-state index contributed by atoms with van der Waals surface area (Å²) in [5.41, 5.74) is 4.57. The Morgan fingerprint density at radius 2 is 1.64 bits per heavy atom. The van der Waals surface area contributed by atoms with Crippen LogP contribution in [-0.4, -0.2) is 78.2 Å². The number of carboxylic acids is 1. The highest BCUT2D eigenvalue weighted by Crippen LogP contribution is 2.44. The van der Waals surface area contributed by atoms with Crippen LogP contribution in [-0.2, 0) is 14.3 Å². The van der Waals surface area contributed by atoms with Crippen molar-refractivity contribution in [2.45, 2.75) is 25.3 Å². The summed E-state index contributed by atoms with van der Waals surface area (Å²) in [6, 6.07) is 15.5. The molecule has 4 rings (SSSR count). The monoisotopic (exact) mass is 451 g/mol. The van der Waals surface area contributed by atoms with E-state index in [2.05, 4.69) is 29.6 Å². The summed E-state index contributed by atoms with van der Waals surface area (Å²) in [5.74, 6) is -1.11. The van der Waals surface area contributed by atoms with E-state index in [0.717, 1.165) is 22.3 Å². The fourth-order valence-electron chi connectivity index (χ4n) is 4.69. The molecule has 1 aliphatic heterocycles. The number of alkyl carbamates (subject to hydrolysis) is 1. The minimum absolute atomic E-state index is 0.0322. The summed E-state index contributed by atoms with van der Waals surface area (Å²) in [7, 11) is 0. The highest BCUT2D eigenvalue weighted by atomic mass is 16.5. The predicted octanol–water partition coefficient (Wildman–Crippen LogP) is 2.53. The van der Waals surface area contributed by atoms with Crippen molar-refractivity contribution in [1.29, 1.82) is 0 Å². The van der Waals surface area contributed by atoms with Gasteiger partial charge in [-0.3, -0.25) is 14.5 Å². The first kappa shape index (κ1) is 22.8. The Morgan fingerprint density at radius 3 is 2.27 bits per heavy atom. The van der Waals surface area contributed by atoms with Gasteiger partial charge in [0.1, 0.15) is 12.6 Å². The van der Waals surface area contributed by atoms with Gasteiger partial charge in [-0.05, 0) is 35.6 Å².